The lowest BCUT2D eigenvalue weighted by Gasteiger charge is -2.35. The van der Waals surface area contributed by atoms with Crippen LogP contribution >= 0.6 is 0 Å². The van der Waals surface area contributed by atoms with E-state index in [1.165, 1.54) is 16.4 Å². The van der Waals surface area contributed by atoms with Gasteiger partial charge in [0, 0.05) is 12.6 Å². The van der Waals surface area contributed by atoms with Crippen LogP contribution in [0.15, 0.2) is 23.1 Å². The molecular weight excluding hydrogens is 267 g/mol. The van der Waals surface area contributed by atoms with Gasteiger partial charge in [0.15, 0.2) is 0 Å². The highest BCUT2D eigenvalue weighted by molar-refractivity contribution is 7.89. The summed E-state index contributed by atoms with van der Waals surface area (Å²) in [6, 6.07) is 3.51. The molecular formula is C13H19FN2O2S. The Morgan fingerprint density at radius 3 is 2.63 bits per heavy atom. The third-order valence-corrected chi connectivity index (χ3v) is 5.66. The van der Waals surface area contributed by atoms with E-state index in [0.29, 0.717) is 12.5 Å². The molecule has 1 heterocycles. The van der Waals surface area contributed by atoms with Crippen molar-refractivity contribution in [3.63, 3.8) is 0 Å². The molecule has 2 unspecified atom stereocenters. The smallest absolute Gasteiger partial charge is 0.243 e. The normalized spacial score (nSPS) is 25.4. The number of sulfonamides is 1. The summed E-state index contributed by atoms with van der Waals surface area (Å²) >= 11 is 0. The topological polar surface area (TPSA) is 63.4 Å². The molecule has 0 spiro atoms. The number of piperidine rings is 1. The lowest BCUT2D eigenvalue weighted by molar-refractivity contribution is 0.220. The molecule has 1 fully saturated rings. The SMILES string of the molecule is CC1CCN(S(=O)(=O)c2ccc(F)c(N)c2)C(C)C1. The Hall–Kier alpha value is -1.14. The van der Waals surface area contributed by atoms with Crippen molar-refractivity contribution in [3.8, 4) is 0 Å². The molecule has 2 atom stereocenters. The molecule has 1 aliphatic rings. The van der Waals surface area contributed by atoms with Gasteiger partial charge in [0.1, 0.15) is 5.82 Å². The van der Waals surface area contributed by atoms with E-state index in [4.69, 9.17) is 5.73 Å². The first-order valence-electron chi connectivity index (χ1n) is 6.39. The molecule has 1 aliphatic heterocycles. The van der Waals surface area contributed by atoms with Gasteiger partial charge in [-0.05, 0) is 43.9 Å². The zero-order chi connectivity index (χ0) is 14.2. The van der Waals surface area contributed by atoms with Gasteiger partial charge < -0.3 is 5.73 Å². The minimum Gasteiger partial charge on any atom is -0.396 e. The van der Waals surface area contributed by atoms with Crippen molar-refractivity contribution in [1.29, 1.82) is 0 Å². The number of benzene rings is 1. The fourth-order valence-electron chi connectivity index (χ4n) is 2.56. The number of hydrogen-bond acceptors (Lipinski definition) is 3. The van der Waals surface area contributed by atoms with Gasteiger partial charge in [0.2, 0.25) is 10.0 Å². The first kappa shape index (κ1) is 14.3. The van der Waals surface area contributed by atoms with E-state index in [1.807, 2.05) is 6.92 Å². The van der Waals surface area contributed by atoms with E-state index >= 15 is 0 Å². The highest BCUT2D eigenvalue weighted by Crippen LogP contribution is 2.29. The van der Waals surface area contributed by atoms with E-state index in [9.17, 15) is 12.8 Å². The number of nitrogens with two attached hydrogens (primary N) is 1. The minimum absolute atomic E-state index is 0.0416. The number of nitrogen functional groups attached to an aromatic ring is 1. The summed E-state index contributed by atoms with van der Waals surface area (Å²) in [5.74, 6) is -0.0704. The Morgan fingerprint density at radius 1 is 1.37 bits per heavy atom. The Labute approximate surface area is 113 Å². The highest BCUT2D eigenvalue weighted by atomic mass is 32.2. The predicted molar refractivity (Wildman–Crippen MR) is 72.6 cm³/mol. The van der Waals surface area contributed by atoms with Crippen LogP contribution in [0.25, 0.3) is 0 Å². The summed E-state index contributed by atoms with van der Waals surface area (Å²) in [6.45, 7) is 4.53. The molecule has 0 saturated carbocycles. The Morgan fingerprint density at radius 2 is 2.05 bits per heavy atom. The summed E-state index contributed by atoms with van der Waals surface area (Å²) in [7, 11) is -3.59. The largest absolute Gasteiger partial charge is 0.396 e. The van der Waals surface area contributed by atoms with Crippen LogP contribution in [0, 0.1) is 11.7 Å². The quantitative estimate of drug-likeness (QED) is 0.848. The van der Waals surface area contributed by atoms with Crippen LogP contribution in [0.4, 0.5) is 10.1 Å². The average Bonchev–Trinajstić information content (AvgIpc) is 2.32. The number of anilines is 1. The molecule has 0 aromatic heterocycles. The van der Waals surface area contributed by atoms with Gasteiger partial charge >= 0.3 is 0 Å². The van der Waals surface area contributed by atoms with E-state index in [2.05, 4.69) is 6.92 Å². The molecule has 2 rings (SSSR count). The monoisotopic (exact) mass is 286 g/mol. The molecule has 1 aromatic carbocycles. The number of rotatable bonds is 2. The maximum Gasteiger partial charge on any atom is 0.243 e. The van der Waals surface area contributed by atoms with Gasteiger partial charge in [-0.25, -0.2) is 12.8 Å². The fourth-order valence-corrected chi connectivity index (χ4v) is 4.25. The Bertz CT molecular complexity index is 574. The Balaban J connectivity index is 2.34. The summed E-state index contributed by atoms with van der Waals surface area (Å²) in [5.41, 5.74) is 5.31. The van der Waals surface area contributed by atoms with Gasteiger partial charge in [-0.15, -0.1) is 0 Å². The van der Waals surface area contributed by atoms with Crippen LogP contribution in [0.5, 0.6) is 0 Å². The summed E-state index contributed by atoms with van der Waals surface area (Å²) in [5, 5.41) is 0. The maximum absolute atomic E-state index is 13.1. The Kier molecular flexibility index (Phi) is 3.82. The average molecular weight is 286 g/mol. The van der Waals surface area contributed by atoms with Crippen molar-refractivity contribution < 1.29 is 12.8 Å². The first-order valence-corrected chi connectivity index (χ1v) is 7.83. The van der Waals surface area contributed by atoms with E-state index < -0.39 is 15.8 Å². The second-order valence-corrected chi connectivity index (χ2v) is 7.17. The highest BCUT2D eigenvalue weighted by Gasteiger charge is 2.33. The van der Waals surface area contributed by atoms with E-state index in [-0.39, 0.29) is 16.6 Å². The maximum atomic E-state index is 13.1. The minimum atomic E-state index is -3.59. The van der Waals surface area contributed by atoms with Gasteiger partial charge in [-0.3, -0.25) is 0 Å². The van der Waals surface area contributed by atoms with Crippen molar-refractivity contribution in [2.45, 2.75) is 37.6 Å². The molecule has 4 nitrogen and oxygen atoms in total. The summed E-state index contributed by atoms with van der Waals surface area (Å²) < 4.78 is 39.6. The number of nitrogens with zero attached hydrogens (tertiary/aromatic N) is 1. The zero-order valence-electron chi connectivity index (χ0n) is 11.1. The zero-order valence-corrected chi connectivity index (χ0v) is 12.0. The van der Waals surface area contributed by atoms with E-state index in [0.717, 1.165) is 18.9 Å². The lowest BCUT2D eigenvalue weighted by atomic mass is 9.95. The van der Waals surface area contributed by atoms with Gasteiger partial charge in [-0.2, -0.15) is 4.31 Å². The molecule has 2 N–H and O–H groups in total. The molecule has 106 valence electrons. The molecule has 0 radical (unpaired) electrons. The predicted octanol–water partition coefficient (Wildman–Crippen LogP) is 2.22. The van der Waals surface area contributed by atoms with Crippen LogP contribution < -0.4 is 5.73 Å². The van der Waals surface area contributed by atoms with Crippen LogP contribution in [-0.4, -0.2) is 25.3 Å². The fraction of sp³-hybridized carbons (Fsp3) is 0.538. The van der Waals surface area contributed by atoms with Crippen LogP contribution in [0.3, 0.4) is 0 Å². The van der Waals surface area contributed by atoms with Crippen molar-refractivity contribution in [3.05, 3.63) is 24.0 Å². The molecule has 0 amide bonds. The lowest BCUT2D eigenvalue weighted by Crippen LogP contribution is -2.44. The van der Waals surface area contributed by atoms with E-state index in [1.54, 1.807) is 0 Å². The summed E-state index contributed by atoms with van der Waals surface area (Å²) in [6.07, 6.45) is 1.69. The second kappa shape index (κ2) is 5.09. The molecule has 0 bridgehead atoms. The number of halogens is 1. The van der Waals surface area contributed by atoms with Crippen molar-refractivity contribution in [1.82, 2.24) is 4.31 Å². The van der Waals surface area contributed by atoms with Gasteiger partial charge in [0.25, 0.3) is 0 Å². The van der Waals surface area contributed by atoms with Crippen LogP contribution in [0.1, 0.15) is 26.7 Å². The molecule has 1 aromatic rings. The van der Waals surface area contributed by atoms with Crippen LogP contribution in [0.2, 0.25) is 0 Å². The van der Waals surface area contributed by atoms with Crippen molar-refractivity contribution in [2.75, 3.05) is 12.3 Å². The first-order chi connectivity index (χ1) is 8.82. The van der Waals surface area contributed by atoms with Gasteiger partial charge in [-0.1, -0.05) is 6.92 Å². The van der Waals surface area contributed by atoms with Crippen molar-refractivity contribution in [2.24, 2.45) is 5.92 Å². The molecule has 6 heteroatoms. The van der Waals surface area contributed by atoms with Gasteiger partial charge in [0.05, 0.1) is 10.6 Å². The second-order valence-electron chi connectivity index (χ2n) is 5.28. The molecule has 1 saturated heterocycles. The standard InChI is InChI=1S/C13H19FN2O2S/c1-9-5-6-16(10(2)7-9)19(17,18)11-3-4-12(14)13(15)8-11/h3-4,8-10H,5-7,15H2,1-2H3. The molecule has 19 heavy (non-hydrogen) atoms. The summed E-state index contributed by atoms with van der Waals surface area (Å²) in [4.78, 5) is 0.0628. The third-order valence-electron chi connectivity index (χ3n) is 3.65. The van der Waals surface area contributed by atoms with Crippen molar-refractivity contribution >= 4 is 15.7 Å². The number of hydrogen-bond donors (Lipinski definition) is 1. The van der Waals surface area contributed by atoms with Crippen LogP contribution in [-0.2, 0) is 10.0 Å². The third kappa shape index (κ3) is 2.74. The molecule has 0 aliphatic carbocycles.